The first-order valence-electron chi connectivity index (χ1n) is 6.49. The van der Waals surface area contributed by atoms with Gasteiger partial charge in [0.2, 0.25) is 10.0 Å². The van der Waals surface area contributed by atoms with Crippen molar-refractivity contribution in [1.29, 1.82) is 0 Å². The van der Waals surface area contributed by atoms with Crippen molar-refractivity contribution in [2.24, 2.45) is 0 Å². The second-order valence-electron chi connectivity index (χ2n) is 4.67. The number of benzene rings is 2. The monoisotopic (exact) mass is 306 g/mol. The molecule has 0 fully saturated rings. The lowest BCUT2D eigenvalue weighted by atomic mass is 10.1. The third-order valence-corrected chi connectivity index (χ3v) is 4.67. The van der Waals surface area contributed by atoms with Crippen LogP contribution in [0.15, 0.2) is 47.4 Å². The summed E-state index contributed by atoms with van der Waals surface area (Å²) < 4.78 is 25.5. The fourth-order valence-corrected chi connectivity index (χ4v) is 2.66. The Morgan fingerprint density at radius 1 is 1.10 bits per heavy atom. The summed E-state index contributed by atoms with van der Waals surface area (Å²) in [7, 11) is -2.04. The fourth-order valence-electron chi connectivity index (χ4n) is 1.93. The maximum atomic E-state index is 11.6. The second-order valence-corrected chi connectivity index (χ2v) is 6.55. The molecule has 0 aliphatic rings. The van der Waals surface area contributed by atoms with E-state index < -0.39 is 10.0 Å². The highest BCUT2D eigenvalue weighted by Crippen LogP contribution is 2.22. The average Bonchev–Trinajstić information content (AvgIpc) is 2.49. The van der Waals surface area contributed by atoms with E-state index in [9.17, 15) is 13.5 Å². The van der Waals surface area contributed by atoms with Crippen LogP contribution in [0.4, 0.5) is 5.69 Å². The Bertz CT molecular complexity index is 725. The van der Waals surface area contributed by atoms with Gasteiger partial charge in [0, 0.05) is 17.8 Å². The Morgan fingerprint density at radius 3 is 2.38 bits per heavy atom. The molecular weight excluding hydrogens is 288 g/mol. The smallest absolute Gasteiger partial charge is 0.240 e. The van der Waals surface area contributed by atoms with E-state index in [-0.39, 0.29) is 10.6 Å². The molecule has 6 heteroatoms. The highest BCUT2D eigenvalue weighted by molar-refractivity contribution is 7.89. The molecule has 2 aromatic carbocycles. The quantitative estimate of drug-likeness (QED) is 0.791. The van der Waals surface area contributed by atoms with Crippen LogP contribution in [0.3, 0.4) is 0 Å². The van der Waals surface area contributed by atoms with E-state index >= 15 is 0 Å². The normalized spacial score (nSPS) is 11.3. The molecule has 0 spiro atoms. The maximum absolute atomic E-state index is 11.6. The molecule has 0 saturated carbocycles. The molecule has 0 heterocycles. The van der Waals surface area contributed by atoms with Crippen LogP contribution >= 0.6 is 0 Å². The van der Waals surface area contributed by atoms with E-state index in [0.29, 0.717) is 6.54 Å². The summed E-state index contributed by atoms with van der Waals surface area (Å²) >= 11 is 0. The largest absolute Gasteiger partial charge is 0.507 e. The van der Waals surface area contributed by atoms with Crippen molar-refractivity contribution >= 4 is 15.7 Å². The van der Waals surface area contributed by atoms with Crippen molar-refractivity contribution in [3.8, 4) is 5.75 Å². The first-order chi connectivity index (χ1) is 9.94. The summed E-state index contributed by atoms with van der Waals surface area (Å²) in [6, 6.07) is 12.0. The van der Waals surface area contributed by atoms with Gasteiger partial charge in [0.25, 0.3) is 0 Å². The maximum Gasteiger partial charge on any atom is 0.240 e. The Balaban J connectivity index is 2.09. The average molecular weight is 306 g/mol. The molecule has 0 aliphatic carbocycles. The van der Waals surface area contributed by atoms with E-state index in [1.54, 1.807) is 12.1 Å². The summed E-state index contributed by atoms with van der Waals surface area (Å²) in [6.07, 6.45) is 0. The van der Waals surface area contributed by atoms with E-state index in [4.69, 9.17) is 0 Å². The van der Waals surface area contributed by atoms with Crippen molar-refractivity contribution < 1.29 is 13.5 Å². The number of hydrogen-bond acceptors (Lipinski definition) is 4. The van der Waals surface area contributed by atoms with Crippen molar-refractivity contribution in [2.75, 3.05) is 12.4 Å². The number of anilines is 1. The van der Waals surface area contributed by atoms with Crippen molar-refractivity contribution in [3.63, 3.8) is 0 Å². The van der Waals surface area contributed by atoms with Gasteiger partial charge in [0.1, 0.15) is 5.75 Å². The molecule has 0 aliphatic heterocycles. The van der Waals surface area contributed by atoms with E-state index in [1.807, 2.05) is 25.1 Å². The van der Waals surface area contributed by atoms with Gasteiger partial charge in [-0.3, -0.25) is 0 Å². The molecule has 0 bridgehead atoms. The molecular formula is C15H18N2O3S. The molecule has 2 aromatic rings. The minimum Gasteiger partial charge on any atom is -0.507 e. The molecule has 5 nitrogen and oxygen atoms in total. The third kappa shape index (κ3) is 3.53. The first kappa shape index (κ1) is 15.3. The van der Waals surface area contributed by atoms with E-state index in [1.165, 1.54) is 19.2 Å². The molecule has 21 heavy (non-hydrogen) atoms. The third-order valence-electron chi connectivity index (χ3n) is 3.24. The number of nitrogens with one attached hydrogen (secondary N) is 2. The highest BCUT2D eigenvalue weighted by Gasteiger charge is 2.10. The number of aromatic hydroxyl groups is 1. The summed E-state index contributed by atoms with van der Waals surface area (Å²) in [4.78, 5) is 0.217. The van der Waals surface area contributed by atoms with Crippen LogP contribution in [0.2, 0.25) is 0 Å². The van der Waals surface area contributed by atoms with Gasteiger partial charge in [0.05, 0.1) is 4.90 Å². The molecule has 0 radical (unpaired) electrons. The molecule has 0 unspecified atom stereocenters. The van der Waals surface area contributed by atoms with Gasteiger partial charge in [-0.2, -0.15) is 0 Å². The number of phenolic OH excluding ortho intramolecular Hbond substituents is 1. The highest BCUT2D eigenvalue weighted by atomic mass is 32.2. The van der Waals surface area contributed by atoms with E-state index in [2.05, 4.69) is 10.0 Å². The number of hydrogen-bond donors (Lipinski definition) is 3. The Labute approximate surface area is 124 Å². The van der Waals surface area contributed by atoms with Crippen LogP contribution in [0, 0.1) is 6.92 Å². The van der Waals surface area contributed by atoms with Gasteiger partial charge in [-0.1, -0.05) is 18.2 Å². The minimum atomic E-state index is -3.41. The van der Waals surface area contributed by atoms with Crippen molar-refractivity contribution in [1.82, 2.24) is 4.72 Å². The molecule has 3 N–H and O–H groups in total. The van der Waals surface area contributed by atoms with Crippen LogP contribution in [-0.4, -0.2) is 20.6 Å². The SMILES string of the molecule is CNS(=O)(=O)c1ccc(NCc2cccc(C)c2O)cc1. The molecule has 0 aromatic heterocycles. The zero-order chi connectivity index (χ0) is 15.5. The summed E-state index contributed by atoms with van der Waals surface area (Å²) in [5.41, 5.74) is 2.40. The summed E-state index contributed by atoms with van der Waals surface area (Å²) in [5, 5.41) is 13.1. The van der Waals surface area contributed by atoms with E-state index in [0.717, 1.165) is 16.8 Å². The van der Waals surface area contributed by atoms with Crippen molar-refractivity contribution in [2.45, 2.75) is 18.4 Å². The number of para-hydroxylation sites is 1. The molecule has 0 saturated heterocycles. The van der Waals surface area contributed by atoms with Gasteiger partial charge in [0.15, 0.2) is 0 Å². The number of aryl methyl sites for hydroxylation is 1. The lowest BCUT2D eigenvalue weighted by Gasteiger charge is -2.10. The minimum absolute atomic E-state index is 0.217. The zero-order valence-electron chi connectivity index (χ0n) is 11.9. The first-order valence-corrected chi connectivity index (χ1v) is 7.97. The lowest BCUT2D eigenvalue weighted by Crippen LogP contribution is -2.18. The lowest BCUT2D eigenvalue weighted by molar-refractivity contribution is 0.465. The van der Waals surface area contributed by atoms with Crippen LogP contribution in [-0.2, 0) is 16.6 Å². The topological polar surface area (TPSA) is 78.4 Å². The van der Waals surface area contributed by atoms with Crippen molar-refractivity contribution in [3.05, 3.63) is 53.6 Å². The summed E-state index contributed by atoms with van der Waals surface area (Å²) in [6.45, 7) is 2.31. The Morgan fingerprint density at radius 2 is 1.76 bits per heavy atom. The standard InChI is InChI=1S/C15H18N2O3S/c1-11-4-3-5-12(15(11)18)10-17-13-6-8-14(9-7-13)21(19,20)16-2/h3-9,16-18H,10H2,1-2H3. The fraction of sp³-hybridized carbons (Fsp3) is 0.200. The van der Waals surface area contributed by atoms with Crippen LogP contribution in [0.5, 0.6) is 5.75 Å². The molecule has 2 rings (SSSR count). The Kier molecular flexibility index (Phi) is 4.50. The van der Waals surface area contributed by atoms with Crippen LogP contribution in [0.25, 0.3) is 0 Å². The number of phenols is 1. The molecule has 0 amide bonds. The van der Waals surface area contributed by atoms with Gasteiger partial charge < -0.3 is 10.4 Å². The predicted octanol–water partition coefficient (Wildman–Crippen LogP) is 2.22. The van der Waals surface area contributed by atoms with Gasteiger partial charge >= 0.3 is 0 Å². The molecule has 112 valence electrons. The molecule has 0 atom stereocenters. The second kappa shape index (κ2) is 6.15. The zero-order valence-corrected chi connectivity index (χ0v) is 12.7. The van der Waals surface area contributed by atoms with Crippen LogP contribution in [0.1, 0.15) is 11.1 Å². The predicted molar refractivity (Wildman–Crippen MR) is 82.9 cm³/mol. The van der Waals surface area contributed by atoms with Gasteiger partial charge in [-0.05, 0) is 43.8 Å². The number of sulfonamides is 1. The van der Waals surface area contributed by atoms with Gasteiger partial charge in [-0.25, -0.2) is 13.1 Å². The van der Waals surface area contributed by atoms with Crippen LogP contribution < -0.4 is 10.0 Å². The Hall–Kier alpha value is -2.05. The number of rotatable bonds is 5. The summed E-state index contributed by atoms with van der Waals surface area (Å²) in [5.74, 6) is 0.277. The van der Waals surface area contributed by atoms with Gasteiger partial charge in [-0.15, -0.1) is 0 Å².